The third-order valence-electron chi connectivity index (χ3n) is 2.09. The summed E-state index contributed by atoms with van der Waals surface area (Å²) in [6.45, 7) is 2.26. The second-order valence-corrected chi connectivity index (χ2v) is 4.99. The number of carbonyl (C=O) groups is 1. The lowest BCUT2D eigenvalue weighted by Crippen LogP contribution is -2.34. The van der Waals surface area contributed by atoms with Crippen LogP contribution in [0.5, 0.6) is 0 Å². The highest BCUT2D eigenvalue weighted by atomic mass is 79.9. The highest BCUT2D eigenvalue weighted by Gasteiger charge is 2.14. The molecule has 0 unspecified atom stereocenters. The van der Waals surface area contributed by atoms with Gasteiger partial charge in [0.2, 0.25) is 0 Å². The lowest BCUT2D eigenvalue weighted by atomic mass is 10.1. The van der Waals surface area contributed by atoms with Crippen LogP contribution in [0.1, 0.15) is 15.9 Å². The Balaban J connectivity index is 2.92. The highest BCUT2D eigenvalue weighted by Crippen LogP contribution is 2.19. The number of nitrogens with two attached hydrogens (primary N) is 1. The van der Waals surface area contributed by atoms with E-state index in [0.29, 0.717) is 10.6 Å². The van der Waals surface area contributed by atoms with Gasteiger partial charge in [-0.3, -0.25) is 4.79 Å². The number of benzene rings is 1. The topological polar surface area (TPSA) is 46.3 Å². The molecule has 86 valence electrons. The molecule has 0 saturated carbocycles. The predicted octanol–water partition coefficient (Wildman–Crippen LogP) is 2.12. The largest absolute Gasteiger partial charge is 0.392 e. The number of hydrogen-bond donors (Lipinski definition) is 1. The van der Waals surface area contributed by atoms with E-state index in [0.717, 1.165) is 10.0 Å². The number of hydrogen-bond acceptors (Lipinski definition) is 2. The lowest BCUT2D eigenvalue weighted by molar-refractivity contribution is 0.0814. The van der Waals surface area contributed by atoms with E-state index in [-0.39, 0.29) is 12.5 Å². The Labute approximate surface area is 109 Å². The third-order valence-corrected chi connectivity index (χ3v) is 2.88. The van der Waals surface area contributed by atoms with Crippen molar-refractivity contribution in [3.8, 4) is 0 Å². The zero-order chi connectivity index (χ0) is 12.3. The molecule has 0 radical (unpaired) electrons. The quantitative estimate of drug-likeness (QED) is 0.870. The maximum Gasteiger partial charge on any atom is 0.255 e. The summed E-state index contributed by atoms with van der Waals surface area (Å²) >= 11 is 8.14. The molecule has 0 spiro atoms. The van der Waals surface area contributed by atoms with Crippen molar-refractivity contribution in [3.63, 3.8) is 0 Å². The van der Waals surface area contributed by atoms with Gasteiger partial charge in [0, 0.05) is 11.5 Å². The first-order valence-corrected chi connectivity index (χ1v) is 5.92. The minimum atomic E-state index is -0.0975. The first-order chi connectivity index (χ1) is 7.41. The van der Waals surface area contributed by atoms with Crippen LogP contribution in [0.3, 0.4) is 0 Å². The molecule has 2 N–H and O–H groups in total. The molecule has 0 aliphatic rings. The second kappa shape index (κ2) is 5.41. The van der Waals surface area contributed by atoms with E-state index in [1.807, 2.05) is 19.1 Å². The van der Waals surface area contributed by atoms with Crippen LogP contribution in [0.15, 0.2) is 22.7 Å². The molecule has 0 aliphatic heterocycles. The van der Waals surface area contributed by atoms with Crippen molar-refractivity contribution in [2.24, 2.45) is 5.73 Å². The Morgan fingerprint density at radius 2 is 2.19 bits per heavy atom. The minimum absolute atomic E-state index is 0.0975. The van der Waals surface area contributed by atoms with Gasteiger partial charge in [-0.25, -0.2) is 0 Å². The summed E-state index contributed by atoms with van der Waals surface area (Å²) in [5, 5.41) is 0. The monoisotopic (exact) mass is 300 g/mol. The number of amides is 1. The third kappa shape index (κ3) is 3.28. The van der Waals surface area contributed by atoms with Crippen molar-refractivity contribution < 1.29 is 4.79 Å². The number of aryl methyl sites for hydroxylation is 1. The first kappa shape index (κ1) is 13.1. The van der Waals surface area contributed by atoms with Crippen LogP contribution in [-0.2, 0) is 0 Å². The van der Waals surface area contributed by atoms with E-state index >= 15 is 0 Å². The van der Waals surface area contributed by atoms with Crippen molar-refractivity contribution >= 4 is 39.0 Å². The molecule has 0 atom stereocenters. The standard InChI is InChI=1S/C11H13BrN2OS/c1-7-3-4-8(9(12)5-7)11(15)14(2)6-10(13)16/h3-5H,6H2,1-2H3,(H2,13,16). The summed E-state index contributed by atoms with van der Waals surface area (Å²) in [4.78, 5) is 13.8. The summed E-state index contributed by atoms with van der Waals surface area (Å²) in [6, 6.07) is 5.59. The number of rotatable bonds is 3. The van der Waals surface area contributed by atoms with Gasteiger partial charge in [-0.05, 0) is 40.5 Å². The van der Waals surface area contributed by atoms with Crippen LogP contribution in [0, 0.1) is 6.92 Å². The molecule has 0 fully saturated rings. The van der Waals surface area contributed by atoms with Crippen molar-refractivity contribution in [1.29, 1.82) is 0 Å². The van der Waals surface area contributed by atoms with Crippen molar-refractivity contribution in [2.75, 3.05) is 13.6 Å². The van der Waals surface area contributed by atoms with Crippen LogP contribution in [0.2, 0.25) is 0 Å². The summed E-state index contributed by atoms with van der Waals surface area (Å²) < 4.78 is 0.785. The molecular formula is C11H13BrN2OS. The number of carbonyl (C=O) groups excluding carboxylic acids is 1. The molecule has 0 aromatic heterocycles. The SMILES string of the molecule is Cc1ccc(C(=O)N(C)CC(N)=S)c(Br)c1. The molecule has 1 rings (SSSR count). The Bertz CT molecular complexity index is 434. The van der Waals surface area contributed by atoms with Crippen LogP contribution in [-0.4, -0.2) is 29.4 Å². The molecule has 3 nitrogen and oxygen atoms in total. The summed E-state index contributed by atoms with van der Waals surface area (Å²) in [5.41, 5.74) is 7.11. The van der Waals surface area contributed by atoms with Crippen LogP contribution in [0.25, 0.3) is 0 Å². The van der Waals surface area contributed by atoms with Gasteiger partial charge in [-0.1, -0.05) is 18.3 Å². The molecule has 1 aromatic carbocycles. The zero-order valence-electron chi connectivity index (χ0n) is 9.16. The fourth-order valence-electron chi connectivity index (χ4n) is 1.30. The lowest BCUT2D eigenvalue weighted by Gasteiger charge is -2.17. The summed E-state index contributed by atoms with van der Waals surface area (Å²) in [5.74, 6) is -0.0975. The Hall–Kier alpha value is -0.940. The van der Waals surface area contributed by atoms with E-state index in [2.05, 4.69) is 15.9 Å². The van der Waals surface area contributed by atoms with Gasteiger partial charge in [0.05, 0.1) is 17.1 Å². The van der Waals surface area contributed by atoms with E-state index < -0.39 is 0 Å². The van der Waals surface area contributed by atoms with Gasteiger partial charge < -0.3 is 10.6 Å². The summed E-state index contributed by atoms with van der Waals surface area (Å²) in [6.07, 6.45) is 0. The molecule has 5 heteroatoms. The van der Waals surface area contributed by atoms with E-state index in [4.69, 9.17) is 18.0 Å². The Morgan fingerprint density at radius 3 is 2.69 bits per heavy atom. The van der Waals surface area contributed by atoms with E-state index in [1.165, 1.54) is 4.90 Å². The van der Waals surface area contributed by atoms with Crippen LogP contribution < -0.4 is 5.73 Å². The average Bonchev–Trinajstić information content (AvgIpc) is 2.15. The van der Waals surface area contributed by atoms with Gasteiger partial charge in [-0.15, -0.1) is 0 Å². The predicted molar refractivity (Wildman–Crippen MR) is 72.6 cm³/mol. The molecule has 0 saturated heterocycles. The average molecular weight is 301 g/mol. The maximum absolute atomic E-state index is 12.0. The van der Waals surface area contributed by atoms with Crippen LogP contribution >= 0.6 is 28.1 Å². The molecule has 0 heterocycles. The Morgan fingerprint density at radius 1 is 1.56 bits per heavy atom. The number of nitrogens with zero attached hydrogens (tertiary/aromatic N) is 1. The normalized spacial score (nSPS) is 9.94. The van der Waals surface area contributed by atoms with E-state index in [1.54, 1.807) is 13.1 Å². The zero-order valence-corrected chi connectivity index (χ0v) is 11.6. The van der Waals surface area contributed by atoms with Crippen LogP contribution in [0.4, 0.5) is 0 Å². The fraction of sp³-hybridized carbons (Fsp3) is 0.273. The molecule has 1 amide bonds. The molecule has 16 heavy (non-hydrogen) atoms. The van der Waals surface area contributed by atoms with Gasteiger partial charge in [-0.2, -0.15) is 0 Å². The molecular weight excluding hydrogens is 288 g/mol. The minimum Gasteiger partial charge on any atom is -0.392 e. The van der Waals surface area contributed by atoms with E-state index in [9.17, 15) is 4.79 Å². The first-order valence-electron chi connectivity index (χ1n) is 4.71. The molecule has 0 bridgehead atoms. The smallest absolute Gasteiger partial charge is 0.255 e. The van der Waals surface area contributed by atoms with Crippen molar-refractivity contribution in [1.82, 2.24) is 4.90 Å². The molecule has 1 aromatic rings. The number of thiocarbonyl (C=S) groups is 1. The van der Waals surface area contributed by atoms with Crippen molar-refractivity contribution in [2.45, 2.75) is 6.92 Å². The van der Waals surface area contributed by atoms with Gasteiger partial charge in [0.25, 0.3) is 5.91 Å². The van der Waals surface area contributed by atoms with Crippen molar-refractivity contribution in [3.05, 3.63) is 33.8 Å². The maximum atomic E-state index is 12.0. The number of halogens is 1. The highest BCUT2D eigenvalue weighted by molar-refractivity contribution is 9.10. The molecule has 0 aliphatic carbocycles. The van der Waals surface area contributed by atoms with Gasteiger partial charge in [0.1, 0.15) is 0 Å². The summed E-state index contributed by atoms with van der Waals surface area (Å²) in [7, 11) is 1.67. The van der Waals surface area contributed by atoms with Gasteiger partial charge in [0.15, 0.2) is 0 Å². The number of likely N-dealkylation sites (N-methyl/N-ethyl adjacent to an activating group) is 1. The Kier molecular flexibility index (Phi) is 4.44. The second-order valence-electron chi connectivity index (χ2n) is 3.61. The van der Waals surface area contributed by atoms with Gasteiger partial charge >= 0.3 is 0 Å². The fourth-order valence-corrected chi connectivity index (χ4v) is 2.16.